The molecule has 2 aromatic carbocycles. The molecule has 7 heteroatoms. The van der Waals surface area contributed by atoms with Gasteiger partial charge in [-0.15, -0.1) is 0 Å². The van der Waals surface area contributed by atoms with Gasteiger partial charge in [0.2, 0.25) is 0 Å². The van der Waals surface area contributed by atoms with Gasteiger partial charge in [-0.1, -0.05) is 6.07 Å². The molecular formula is C24H30FN3O2S. The molecule has 4 rings (SSSR count). The van der Waals surface area contributed by atoms with Crippen LogP contribution < -0.4 is 20.1 Å². The summed E-state index contributed by atoms with van der Waals surface area (Å²) in [7, 11) is 5.57. The smallest absolute Gasteiger partial charge is 0.170 e. The van der Waals surface area contributed by atoms with Crippen molar-refractivity contribution in [2.24, 2.45) is 0 Å². The van der Waals surface area contributed by atoms with Crippen LogP contribution in [-0.2, 0) is 5.41 Å². The number of nitrogens with zero attached hydrogens (tertiary/aromatic N) is 1. The molecule has 31 heavy (non-hydrogen) atoms. The van der Waals surface area contributed by atoms with Crippen molar-refractivity contribution in [3.63, 3.8) is 0 Å². The maximum atomic E-state index is 13.1. The molecule has 1 aliphatic heterocycles. The van der Waals surface area contributed by atoms with Gasteiger partial charge in [-0.25, -0.2) is 4.39 Å². The Bertz CT molecular complexity index is 939. The Morgan fingerprint density at radius 2 is 1.84 bits per heavy atom. The number of likely N-dealkylation sites (N-methyl/N-ethyl adjacent to an activating group) is 1. The van der Waals surface area contributed by atoms with Crippen LogP contribution in [0.3, 0.4) is 0 Å². The molecule has 3 atom stereocenters. The summed E-state index contributed by atoms with van der Waals surface area (Å²) in [5.41, 5.74) is 2.22. The van der Waals surface area contributed by atoms with E-state index in [-0.39, 0.29) is 11.2 Å². The number of halogens is 1. The Kier molecular flexibility index (Phi) is 6.34. The maximum absolute atomic E-state index is 13.1. The molecule has 0 amide bonds. The second kappa shape index (κ2) is 9.01. The summed E-state index contributed by atoms with van der Waals surface area (Å²) in [5.74, 6) is 1.29. The first-order chi connectivity index (χ1) is 14.9. The second-order valence-corrected chi connectivity index (χ2v) is 8.96. The van der Waals surface area contributed by atoms with E-state index in [9.17, 15) is 4.39 Å². The Labute approximate surface area is 188 Å². The van der Waals surface area contributed by atoms with Crippen molar-refractivity contribution in [1.82, 2.24) is 10.2 Å². The van der Waals surface area contributed by atoms with Crippen molar-refractivity contribution < 1.29 is 13.9 Å². The molecule has 1 aliphatic carbocycles. The van der Waals surface area contributed by atoms with Crippen molar-refractivity contribution >= 4 is 23.0 Å². The highest BCUT2D eigenvalue weighted by atomic mass is 32.1. The van der Waals surface area contributed by atoms with E-state index in [4.69, 9.17) is 21.7 Å². The first kappa shape index (κ1) is 21.8. The molecule has 166 valence electrons. The van der Waals surface area contributed by atoms with Crippen LogP contribution in [0.5, 0.6) is 11.5 Å². The first-order valence-corrected chi connectivity index (χ1v) is 11.1. The number of fused-ring (bicyclic) bond motifs is 1. The largest absolute Gasteiger partial charge is 0.493 e. The molecule has 2 N–H and O–H groups in total. The third-order valence-corrected chi connectivity index (χ3v) is 7.14. The SMILES string of the molecule is COc1ccc(C23CCC(NC(=S)Nc4ccc(F)cc4)CC2N(C)CC3)cc1OC. The van der Waals surface area contributed by atoms with E-state index in [1.54, 1.807) is 26.4 Å². The number of benzene rings is 2. The highest BCUT2D eigenvalue weighted by Crippen LogP contribution is 2.49. The van der Waals surface area contributed by atoms with Gasteiger partial charge in [0, 0.05) is 23.2 Å². The van der Waals surface area contributed by atoms with Crippen LogP contribution in [0, 0.1) is 5.82 Å². The fourth-order valence-electron chi connectivity index (χ4n) is 5.28. The molecule has 5 nitrogen and oxygen atoms in total. The zero-order chi connectivity index (χ0) is 22.0. The van der Waals surface area contributed by atoms with Crippen LogP contribution in [0.2, 0.25) is 0 Å². The van der Waals surface area contributed by atoms with Crippen molar-refractivity contribution in [3.8, 4) is 11.5 Å². The maximum Gasteiger partial charge on any atom is 0.170 e. The predicted molar refractivity (Wildman–Crippen MR) is 126 cm³/mol. The van der Waals surface area contributed by atoms with Crippen molar-refractivity contribution in [2.75, 3.05) is 33.1 Å². The average Bonchev–Trinajstić information content (AvgIpc) is 3.12. The number of ether oxygens (including phenoxy) is 2. The predicted octanol–water partition coefficient (Wildman–Crippen LogP) is 4.32. The molecule has 0 bridgehead atoms. The summed E-state index contributed by atoms with van der Waals surface area (Å²) < 4.78 is 24.1. The Balaban J connectivity index is 1.47. The molecule has 1 saturated carbocycles. The summed E-state index contributed by atoms with van der Waals surface area (Å²) in [6, 6.07) is 13.3. The van der Waals surface area contributed by atoms with E-state index in [0.29, 0.717) is 17.2 Å². The Hall–Kier alpha value is -2.38. The van der Waals surface area contributed by atoms with Crippen LogP contribution in [0.15, 0.2) is 42.5 Å². The number of nitrogens with one attached hydrogen (secondary N) is 2. The Morgan fingerprint density at radius 1 is 1.10 bits per heavy atom. The van der Waals surface area contributed by atoms with E-state index in [1.165, 1.54) is 17.7 Å². The van der Waals surface area contributed by atoms with Crippen molar-refractivity contribution in [3.05, 3.63) is 53.8 Å². The molecule has 1 saturated heterocycles. The lowest BCUT2D eigenvalue weighted by Crippen LogP contribution is -2.52. The number of likely N-dealkylation sites (tertiary alicyclic amines) is 1. The molecule has 2 aliphatic rings. The molecule has 0 spiro atoms. The van der Waals surface area contributed by atoms with Gasteiger partial charge >= 0.3 is 0 Å². The summed E-state index contributed by atoms with van der Waals surface area (Å²) in [6.45, 7) is 1.07. The van der Waals surface area contributed by atoms with Crippen molar-refractivity contribution in [2.45, 2.75) is 43.2 Å². The lowest BCUT2D eigenvalue weighted by molar-refractivity contribution is 0.161. The van der Waals surface area contributed by atoms with Gasteiger partial charge in [0.15, 0.2) is 16.6 Å². The molecule has 1 heterocycles. The lowest BCUT2D eigenvalue weighted by Gasteiger charge is -2.45. The quantitative estimate of drug-likeness (QED) is 0.671. The van der Waals surface area contributed by atoms with Gasteiger partial charge in [-0.05, 0) is 93.5 Å². The van der Waals surface area contributed by atoms with Gasteiger partial charge in [-0.3, -0.25) is 0 Å². The second-order valence-electron chi connectivity index (χ2n) is 8.55. The monoisotopic (exact) mass is 443 g/mol. The van der Waals surface area contributed by atoms with Crippen LogP contribution in [0.4, 0.5) is 10.1 Å². The number of methoxy groups -OCH3 is 2. The van der Waals surface area contributed by atoms with Gasteiger partial charge < -0.3 is 25.0 Å². The number of hydrogen-bond acceptors (Lipinski definition) is 4. The minimum absolute atomic E-state index is 0.110. The molecule has 0 radical (unpaired) electrons. The fraction of sp³-hybridized carbons (Fsp3) is 0.458. The zero-order valence-corrected chi connectivity index (χ0v) is 19.1. The highest BCUT2D eigenvalue weighted by molar-refractivity contribution is 7.80. The lowest BCUT2D eigenvalue weighted by atomic mass is 9.65. The molecular weight excluding hydrogens is 413 g/mol. The average molecular weight is 444 g/mol. The number of thiocarbonyl (C=S) groups is 1. The zero-order valence-electron chi connectivity index (χ0n) is 18.3. The summed E-state index contributed by atoms with van der Waals surface area (Å²) >= 11 is 5.52. The van der Waals surface area contributed by atoms with Crippen LogP contribution in [0.25, 0.3) is 0 Å². The summed E-state index contributed by atoms with van der Waals surface area (Å²) in [6.07, 6.45) is 4.25. The summed E-state index contributed by atoms with van der Waals surface area (Å²) in [4.78, 5) is 2.47. The third kappa shape index (κ3) is 4.34. The summed E-state index contributed by atoms with van der Waals surface area (Å²) in [5, 5.41) is 7.23. The highest BCUT2D eigenvalue weighted by Gasteiger charge is 2.50. The number of anilines is 1. The van der Waals surface area contributed by atoms with Gasteiger partial charge in [0.1, 0.15) is 5.82 Å². The fourth-order valence-corrected chi connectivity index (χ4v) is 5.56. The molecule has 2 fully saturated rings. The normalized spacial score (nSPS) is 25.5. The van der Waals surface area contributed by atoms with Crippen LogP contribution in [-0.4, -0.2) is 49.9 Å². The van der Waals surface area contributed by atoms with Gasteiger partial charge in [-0.2, -0.15) is 0 Å². The molecule has 2 aromatic rings. The minimum atomic E-state index is -0.257. The molecule has 3 unspecified atom stereocenters. The Morgan fingerprint density at radius 3 is 2.55 bits per heavy atom. The van der Waals surface area contributed by atoms with E-state index in [0.717, 1.165) is 49.4 Å². The number of hydrogen-bond donors (Lipinski definition) is 2. The first-order valence-electron chi connectivity index (χ1n) is 10.7. The van der Waals surface area contributed by atoms with Gasteiger partial charge in [0.05, 0.1) is 14.2 Å². The topological polar surface area (TPSA) is 45.8 Å². The van der Waals surface area contributed by atoms with E-state index >= 15 is 0 Å². The van der Waals surface area contributed by atoms with Crippen LogP contribution in [0.1, 0.15) is 31.2 Å². The van der Waals surface area contributed by atoms with Gasteiger partial charge in [0.25, 0.3) is 0 Å². The van der Waals surface area contributed by atoms with E-state index in [2.05, 4.69) is 34.7 Å². The number of rotatable bonds is 5. The minimum Gasteiger partial charge on any atom is -0.493 e. The standard InChI is InChI=1S/C24H30FN3O2S/c1-28-13-12-24(16-4-9-20(29-2)21(14-16)30-3)11-10-19(15-22(24)28)27-23(31)26-18-7-5-17(25)6-8-18/h4-9,14,19,22H,10-13,15H2,1-3H3,(H2,26,27,31). The molecule has 0 aromatic heterocycles. The van der Waals surface area contributed by atoms with Crippen molar-refractivity contribution in [1.29, 1.82) is 0 Å². The third-order valence-electron chi connectivity index (χ3n) is 6.92. The van der Waals surface area contributed by atoms with Crippen LogP contribution >= 0.6 is 12.2 Å². The van der Waals surface area contributed by atoms with E-state index < -0.39 is 0 Å². The van der Waals surface area contributed by atoms with E-state index in [1.807, 2.05) is 6.07 Å².